The summed E-state index contributed by atoms with van der Waals surface area (Å²) in [4.78, 5) is 17.8. The first-order valence-corrected chi connectivity index (χ1v) is 8.67. The highest BCUT2D eigenvalue weighted by atomic mass is 79.9. The molecule has 3 rings (SSSR count). The van der Waals surface area contributed by atoms with Crippen LogP contribution in [-0.2, 0) is 16.0 Å². The van der Waals surface area contributed by atoms with E-state index < -0.39 is 5.97 Å². The summed E-state index contributed by atoms with van der Waals surface area (Å²) in [5.41, 5.74) is 0.356. The van der Waals surface area contributed by atoms with Crippen LogP contribution in [0.15, 0.2) is 39.7 Å². The first kappa shape index (κ1) is 17.9. The summed E-state index contributed by atoms with van der Waals surface area (Å²) in [6.45, 7) is 3.32. The van der Waals surface area contributed by atoms with Crippen molar-refractivity contribution in [1.82, 2.24) is 9.88 Å². The van der Waals surface area contributed by atoms with Crippen LogP contribution in [0.5, 0.6) is 5.75 Å². The van der Waals surface area contributed by atoms with Crippen molar-refractivity contribution in [2.45, 2.75) is 12.6 Å². The Bertz CT molecular complexity index is 721. The van der Waals surface area contributed by atoms with Gasteiger partial charge >= 0.3 is 5.97 Å². The van der Waals surface area contributed by atoms with Crippen LogP contribution in [0.4, 0.5) is 0 Å². The van der Waals surface area contributed by atoms with Gasteiger partial charge in [0.25, 0.3) is 0 Å². The van der Waals surface area contributed by atoms with E-state index in [4.69, 9.17) is 13.9 Å². The number of carbonyl (C=O) groups is 1. The van der Waals surface area contributed by atoms with Crippen LogP contribution < -0.4 is 4.74 Å². The molecular weight excluding hydrogens is 392 g/mol. The largest absolute Gasteiger partial charge is 0.489 e. The molecule has 1 atom stereocenters. The van der Waals surface area contributed by atoms with E-state index in [1.54, 1.807) is 12.3 Å². The van der Waals surface area contributed by atoms with E-state index in [1.165, 1.54) is 13.3 Å². The van der Waals surface area contributed by atoms with Crippen molar-refractivity contribution in [3.05, 3.63) is 46.6 Å². The molecule has 0 saturated carbocycles. The third-order valence-corrected chi connectivity index (χ3v) is 4.23. The van der Waals surface area contributed by atoms with E-state index in [1.807, 2.05) is 12.1 Å². The molecule has 0 spiro atoms. The van der Waals surface area contributed by atoms with Crippen LogP contribution in [-0.4, -0.2) is 55.4 Å². The predicted octanol–water partition coefficient (Wildman–Crippen LogP) is 2.50. The number of pyridine rings is 1. The lowest BCUT2D eigenvalue weighted by Crippen LogP contribution is -2.44. The van der Waals surface area contributed by atoms with Crippen molar-refractivity contribution in [3.63, 3.8) is 0 Å². The quantitative estimate of drug-likeness (QED) is 0.677. The highest BCUT2D eigenvalue weighted by molar-refractivity contribution is 9.10. The van der Waals surface area contributed by atoms with E-state index in [9.17, 15) is 4.79 Å². The lowest BCUT2D eigenvalue weighted by atomic mass is 10.2. The van der Waals surface area contributed by atoms with Crippen molar-refractivity contribution in [1.29, 1.82) is 0 Å². The Morgan fingerprint density at radius 1 is 1.44 bits per heavy atom. The Kier molecular flexibility index (Phi) is 6.06. The summed E-state index contributed by atoms with van der Waals surface area (Å²) in [6.07, 6.45) is 2.95. The second-order valence-corrected chi connectivity index (χ2v) is 6.43. The first-order valence-electron chi connectivity index (χ1n) is 7.88. The Morgan fingerprint density at radius 3 is 3.08 bits per heavy atom. The second-order valence-electron chi connectivity index (χ2n) is 5.65. The van der Waals surface area contributed by atoms with Crippen molar-refractivity contribution < 1.29 is 23.4 Å². The SMILES string of the molecule is COC(=O)c1cncc(OCC2CN(Cc3ccc(Br)o3)CCO2)c1. The van der Waals surface area contributed by atoms with Gasteiger partial charge in [-0.3, -0.25) is 9.88 Å². The summed E-state index contributed by atoms with van der Waals surface area (Å²) < 4.78 is 22.4. The molecule has 1 aliphatic heterocycles. The molecular formula is C17H19BrN2O5. The Balaban J connectivity index is 1.52. The van der Waals surface area contributed by atoms with Crippen molar-refractivity contribution in [2.24, 2.45) is 0 Å². The lowest BCUT2D eigenvalue weighted by Gasteiger charge is -2.32. The maximum atomic E-state index is 11.5. The Labute approximate surface area is 154 Å². The molecule has 0 amide bonds. The van der Waals surface area contributed by atoms with Gasteiger partial charge in [-0.25, -0.2) is 4.79 Å². The van der Waals surface area contributed by atoms with Gasteiger partial charge in [0.2, 0.25) is 0 Å². The molecule has 0 bridgehead atoms. The maximum absolute atomic E-state index is 11.5. The van der Waals surface area contributed by atoms with Crippen LogP contribution in [0.25, 0.3) is 0 Å². The number of nitrogens with zero attached hydrogens (tertiary/aromatic N) is 2. The fourth-order valence-electron chi connectivity index (χ4n) is 2.60. The molecule has 1 fully saturated rings. The number of hydrogen-bond acceptors (Lipinski definition) is 7. The van der Waals surface area contributed by atoms with E-state index in [-0.39, 0.29) is 6.10 Å². The molecule has 0 N–H and O–H groups in total. The molecule has 7 nitrogen and oxygen atoms in total. The van der Waals surface area contributed by atoms with Gasteiger partial charge in [0.1, 0.15) is 24.2 Å². The fourth-order valence-corrected chi connectivity index (χ4v) is 2.94. The number of rotatable bonds is 6. The minimum Gasteiger partial charge on any atom is -0.489 e. The average molecular weight is 411 g/mol. The number of halogens is 1. The molecule has 2 aromatic rings. The topological polar surface area (TPSA) is 74.0 Å². The summed E-state index contributed by atoms with van der Waals surface area (Å²) in [5.74, 6) is 0.977. The Hall–Kier alpha value is -1.90. The average Bonchev–Trinajstić information content (AvgIpc) is 3.04. The summed E-state index contributed by atoms with van der Waals surface area (Å²) in [7, 11) is 1.33. The monoisotopic (exact) mass is 410 g/mol. The minimum atomic E-state index is -0.442. The fraction of sp³-hybridized carbons (Fsp3) is 0.412. The van der Waals surface area contributed by atoms with Crippen LogP contribution >= 0.6 is 15.9 Å². The minimum absolute atomic E-state index is 0.0612. The van der Waals surface area contributed by atoms with Crippen LogP contribution in [0.1, 0.15) is 16.1 Å². The highest BCUT2D eigenvalue weighted by Crippen LogP contribution is 2.18. The van der Waals surface area contributed by atoms with Gasteiger partial charge in [0.15, 0.2) is 4.67 Å². The molecule has 2 aromatic heterocycles. The van der Waals surface area contributed by atoms with Gasteiger partial charge in [-0.15, -0.1) is 0 Å². The van der Waals surface area contributed by atoms with Gasteiger partial charge in [0.05, 0.1) is 32.0 Å². The van der Waals surface area contributed by atoms with Crippen molar-refractivity contribution in [2.75, 3.05) is 33.4 Å². The number of hydrogen-bond donors (Lipinski definition) is 0. The van der Waals surface area contributed by atoms with Crippen LogP contribution in [0.2, 0.25) is 0 Å². The van der Waals surface area contributed by atoms with Crippen molar-refractivity contribution >= 4 is 21.9 Å². The molecule has 1 aliphatic rings. The number of ether oxygens (including phenoxy) is 3. The molecule has 0 aromatic carbocycles. The number of esters is 1. The summed E-state index contributed by atoms with van der Waals surface area (Å²) in [6, 6.07) is 5.45. The normalized spacial score (nSPS) is 18.1. The number of furan rings is 1. The first-order chi connectivity index (χ1) is 12.1. The van der Waals surface area contributed by atoms with E-state index in [0.717, 1.165) is 30.1 Å². The van der Waals surface area contributed by atoms with E-state index in [2.05, 4.69) is 30.6 Å². The zero-order valence-corrected chi connectivity index (χ0v) is 15.4. The van der Waals surface area contributed by atoms with E-state index >= 15 is 0 Å². The standard InChI is InChI=1S/C17H19BrN2O5/c1-22-17(21)12-6-14(8-19-7-12)24-11-15-10-20(4-5-23-15)9-13-2-3-16(18)25-13/h2-3,6-8,15H,4-5,9-11H2,1H3. The molecule has 1 unspecified atom stereocenters. The van der Waals surface area contributed by atoms with Crippen LogP contribution in [0.3, 0.4) is 0 Å². The second kappa shape index (κ2) is 8.46. The zero-order chi connectivity index (χ0) is 17.6. The molecule has 25 heavy (non-hydrogen) atoms. The third kappa shape index (κ3) is 5.04. The molecule has 1 saturated heterocycles. The van der Waals surface area contributed by atoms with Gasteiger partial charge < -0.3 is 18.6 Å². The van der Waals surface area contributed by atoms with Crippen LogP contribution in [0, 0.1) is 0 Å². The molecule has 134 valence electrons. The van der Waals surface area contributed by atoms with E-state index in [0.29, 0.717) is 24.5 Å². The molecule has 0 aliphatic carbocycles. The number of methoxy groups -OCH3 is 1. The number of carbonyl (C=O) groups excluding carboxylic acids is 1. The van der Waals surface area contributed by atoms with Crippen molar-refractivity contribution in [3.8, 4) is 5.75 Å². The summed E-state index contributed by atoms with van der Waals surface area (Å²) >= 11 is 3.31. The Morgan fingerprint density at radius 2 is 2.32 bits per heavy atom. The zero-order valence-electron chi connectivity index (χ0n) is 13.8. The number of aromatic nitrogens is 1. The lowest BCUT2D eigenvalue weighted by molar-refractivity contribution is -0.0519. The molecule has 8 heteroatoms. The maximum Gasteiger partial charge on any atom is 0.339 e. The molecule has 0 radical (unpaired) electrons. The number of morpholine rings is 1. The van der Waals surface area contributed by atoms with Gasteiger partial charge in [-0.05, 0) is 34.1 Å². The van der Waals surface area contributed by atoms with Gasteiger partial charge in [-0.1, -0.05) is 0 Å². The van der Waals surface area contributed by atoms with Gasteiger partial charge in [-0.2, -0.15) is 0 Å². The smallest absolute Gasteiger partial charge is 0.339 e. The highest BCUT2D eigenvalue weighted by Gasteiger charge is 2.22. The molecule has 3 heterocycles. The summed E-state index contributed by atoms with van der Waals surface area (Å²) in [5, 5.41) is 0. The van der Waals surface area contributed by atoms with Gasteiger partial charge in [0, 0.05) is 19.3 Å². The predicted molar refractivity (Wildman–Crippen MR) is 92.5 cm³/mol. The third-order valence-electron chi connectivity index (χ3n) is 3.80.